The van der Waals surface area contributed by atoms with Crippen LogP contribution in [-0.4, -0.2) is 26.4 Å². The van der Waals surface area contributed by atoms with Crippen molar-refractivity contribution in [3.63, 3.8) is 0 Å². The van der Waals surface area contributed by atoms with Gasteiger partial charge in [0.05, 0.1) is 29.4 Å². The van der Waals surface area contributed by atoms with E-state index >= 15 is 0 Å². The maximum absolute atomic E-state index is 12.1. The Morgan fingerprint density at radius 3 is 2.88 bits per heavy atom. The quantitative estimate of drug-likeness (QED) is 0.695. The van der Waals surface area contributed by atoms with Gasteiger partial charge in [-0.25, -0.2) is 9.67 Å². The van der Waals surface area contributed by atoms with Gasteiger partial charge >= 0.3 is 0 Å². The van der Waals surface area contributed by atoms with E-state index in [1.165, 1.54) is 22.6 Å². The van der Waals surface area contributed by atoms with Gasteiger partial charge in [-0.05, 0) is 36.4 Å². The zero-order chi connectivity index (χ0) is 17.6. The third-order valence-corrected chi connectivity index (χ3v) is 4.44. The molecule has 1 N–H and O–H groups in total. The van der Waals surface area contributed by atoms with Crippen molar-refractivity contribution in [1.29, 1.82) is 5.26 Å². The van der Waals surface area contributed by atoms with Crippen LogP contribution in [0.4, 0.5) is 5.69 Å². The minimum atomic E-state index is -0.152. The van der Waals surface area contributed by atoms with E-state index in [2.05, 4.69) is 21.5 Å². The molecule has 124 valence electrons. The number of anilines is 1. The largest absolute Gasteiger partial charge is 0.323 e. The Kier molecular flexibility index (Phi) is 5.33. The number of halogens is 1. The third kappa shape index (κ3) is 4.38. The van der Waals surface area contributed by atoms with Crippen molar-refractivity contribution in [2.24, 2.45) is 0 Å². The number of hydrogen-bond acceptors (Lipinski definition) is 5. The summed E-state index contributed by atoms with van der Waals surface area (Å²) in [6, 6.07) is 12.7. The molecule has 0 saturated heterocycles. The van der Waals surface area contributed by atoms with E-state index in [1.54, 1.807) is 36.7 Å². The predicted octanol–water partition coefficient (Wildman–Crippen LogP) is 3.52. The van der Waals surface area contributed by atoms with Gasteiger partial charge in [-0.2, -0.15) is 10.4 Å². The highest BCUT2D eigenvalue weighted by atomic mass is 35.5. The van der Waals surface area contributed by atoms with Gasteiger partial charge in [-0.1, -0.05) is 11.6 Å². The molecule has 0 unspecified atom stereocenters. The molecule has 0 atom stereocenters. The van der Waals surface area contributed by atoms with Crippen LogP contribution >= 0.6 is 23.4 Å². The second kappa shape index (κ2) is 7.83. The van der Waals surface area contributed by atoms with Crippen LogP contribution in [0, 0.1) is 11.3 Å². The van der Waals surface area contributed by atoms with Gasteiger partial charge in [-0.15, -0.1) is 11.8 Å². The second-order valence-electron chi connectivity index (χ2n) is 4.95. The standard InChI is InChI=1S/C17H12ClN5OS/c18-13-3-5-15(6-4-13)25-11-16(24)22-14-9-21-23(10-14)17-12(8-19)2-1-7-20-17/h1-7,9-10H,11H2,(H,22,24). The molecule has 0 aliphatic carbocycles. The van der Waals surface area contributed by atoms with Gasteiger partial charge in [0.1, 0.15) is 6.07 Å². The summed E-state index contributed by atoms with van der Waals surface area (Å²) >= 11 is 7.25. The number of amides is 1. The summed E-state index contributed by atoms with van der Waals surface area (Å²) in [6.45, 7) is 0. The Labute approximate surface area is 153 Å². The normalized spacial score (nSPS) is 10.2. The predicted molar refractivity (Wildman–Crippen MR) is 96.9 cm³/mol. The molecule has 0 spiro atoms. The molecule has 1 aromatic carbocycles. The molecule has 8 heteroatoms. The van der Waals surface area contributed by atoms with Crippen molar-refractivity contribution in [3.05, 3.63) is 65.6 Å². The van der Waals surface area contributed by atoms with Gasteiger partial charge < -0.3 is 5.32 Å². The van der Waals surface area contributed by atoms with Crippen LogP contribution in [0.2, 0.25) is 5.02 Å². The summed E-state index contributed by atoms with van der Waals surface area (Å²) in [4.78, 5) is 17.2. The number of nitriles is 1. The topological polar surface area (TPSA) is 83.6 Å². The zero-order valence-corrected chi connectivity index (χ0v) is 14.5. The van der Waals surface area contributed by atoms with Crippen LogP contribution in [0.5, 0.6) is 0 Å². The van der Waals surface area contributed by atoms with E-state index in [-0.39, 0.29) is 11.7 Å². The molecule has 0 aliphatic rings. The molecule has 0 bridgehead atoms. The summed E-state index contributed by atoms with van der Waals surface area (Å²) in [5.74, 6) is 0.530. The van der Waals surface area contributed by atoms with Crippen molar-refractivity contribution in [2.75, 3.05) is 11.1 Å². The lowest BCUT2D eigenvalue weighted by atomic mass is 10.3. The number of benzene rings is 1. The second-order valence-corrected chi connectivity index (χ2v) is 6.44. The van der Waals surface area contributed by atoms with Gasteiger partial charge in [0.25, 0.3) is 0 Å². The van der Waals surface area contributed by atoms with Crippen molar-refractivity contribution in [3.8, 4) is 11.9 Å². The summed E-state index contributed by atoms with van der Waals surface area (Å²) in [6.07, 6.45) is 4.72. The Bertz CT molecular complexity index is 933. The first-order chi connectivity index (χ1) is 12.2. The number of carbonyl (C=O) groups is 1. The van der Waals surface area contributed by atoms with Crippen molar-refractivity contribution in [2.45, 2.75) is 4.90 Å². The van der Waals surface area contributed by atoms with Gasteiger partial charge in [0.2, 0.25) is 5.91 Å². The number of hydrogen-bond donors (Lipinski definition) is 1. The van der Waals surface area contributed by atoms with E-state index < -0.39 is 0 Å². The molecule has 3 rings (SSSR count). The number of pyridine rings is 1. The lowest BCUT2D eigenvalue weighted by molar-refractivity contribution is -0.113. The van der Waals surface area contributed by atoms with E-state index in [0.717, 1.165) is 4.90 Å². The number of aromatic nitrogens is 3. The zero-order valence-electron chi connectivity index (χ0n) is 12.9. The molecule has 0 radical (unpaired) electrons. The first-order valence-electron chi connectivity index (χ1n) is 7.24. The first-order valence-corrected chi connectivity index (χ1v) is 8.60. The molecule has 3 aromatic rings. The van der Waals surface area contributed by atoms with Crippen LogP contribution in [0.15, 0.2) is 59.9 Å². The number of nitrogens with one attached hydrogen (secondary N) is 1. The van der Waals surface area contributed by atoms with Crippen molar-refractivity contribution < 1.29 is 4.79 Å². The minimum Gasteiger partial charge on any atom is -0.323 e. The third-order valence-electron chi connectivity index (χ3n) is 3.17. The number of rotatable bonds is 5. The molecule has 6 nitrogen and oxygen atoms in total. The fraction of sp³-hybridized carbons (Fsp3) is 0.0588. The van der Waals surface area contributed by atoms with Crippen LogP contribution in [0.3, 0.4) is 0 Å². The van der Waals surface area contributed by atoms with Crippen molar-refractivity contribution >= 4 is 35.0 Å². The maximum atomic E-state index is 12.1. The van der Waals surface area contributed by atoms with Crippen LogP contribution in [0.25, 0.3) is 5.82 Å². The Morgan fingerprint density at radius 2 is 2.12 bits per heavy atom. The summed E-state index contributed by atoms with van der Waals surface area (Å²) in [5, 5.41) is 16.7. The van der Waals surface area contributed by atoms with Gasteiger partial charge in [-0.3, -0.25) is 4.79 Å². The Balaban J connectivity index is 1.62. The van der Waals surface area contributed by atoms with Crippen LogP contribution in [0.1, 0.15) is 5.56 Å². The molecule has 0 fully saturated rings. The fourth-order valence-corrected chi connectivity index (χ4v) is 2.87. The molecule has 0 saturated carbocycles. The summed E-state index contributed by atoms with van der Waals surface area (Å²) in [5.41, 5.74) is 0.943. The summed E-state index contributed by atoms with van der Waals surface area (Å²) in [7, 11) is 0. The lowest BCUT2D eigenvalue weighted by Gasteiger charge is -2.03. The lowest BCUT2D eigenvalue weighted by Crippen LogP contribution is -2.13. The average Bonchev–Trinajstić information content (AvgIpc) is 3.09. The number of carbonyl (C=O) groups excluding carboxylic acids is 1. The van der Waals surface area contributed by atoms with E-state index in [1.807, 2.05) is 12.1 Å². The van der Waals surface area contributed by atoms with Crippen LogP contribution < -0.4 is 5.32 Å². The Hall–Kier alpha value is -2.82. The monoisotopic (exact) mass is 369 g/mol. The smallest absolute Gasteiger partial charge is 0.234 e. The van der Waals surface area contributed by atoms with E-state index in [9.17, 15) is 4.79 Å². The van der Waals surface area contributed by atoms with Crippen molar-refractivity contribution in [1.82, 2.24) is 14.8 Å². The molecular formula is C17H12ClN5OS. The average molecular weight is 370 g/mol. The molecule has 2 heterocycles. The summed E-state index contributed by atoms with van der Waals surface area (Å²) < 4.78 is 1.46. The Morgan fingerprint density at radius 1 is 1.32 bits per heavy atom. The SMILES string of the molecule is N#Cc1cccnc1-n1cc(NC(=O)CSc2ccc(Cl)cc2)cn1. The molecule has 25 heavy (non-hydrogen) atoms. The van der Waals surface area contributed by atoms with Gasteiger partial charge in [0, 0.05) is 16.1 Å². The molecule has 1 amide bonds. The highest BCUT2D eigenvalue weighted by Gasteiger charge is 2.09. The van der Waals surface area contributed by atoms with Crippen LogP contribution in [-0.2, 0) is 4.79 Å². The molecular weight excluding hydrogens is 358 g/mol. The van der Waals surface area contributed by atoms with E-state index in [0.29, 0.717) is 22.1 Å². The highest BCUT2D eigenvalue weighted by molar-refractivity contribution is 8.00. The minimum absolute atomic E-state index is 0.152. The number of nitrogens with zero attached hydrogens (tertiary/aromatic N) is 4. The fourth-order valence-electron chi connectivity index (χ4n) is 2.05. The van der Waals surface area contributed by atoms with E-state index in [4.69, 9.17) is 16.9 Å². The molecule has 0 aliphatic heterocycles. The molecule has 2 aromatic heterocycles. The highest BCUT2D eigenvalue weighted by Crippen LogP contribution is 2.20. The maximum Gasteiger partial charge on any atom is 0.234 e. The first kappa shape index (κ1) is 17.0. The van der Waals surface area contributed by atoms with Gasteiger partial charge in [0.15, 0.2) is 5.82 Å². The number of thioether (sulfide) groups is 1.